The lowest BCUT2D eigenvalue weighted by atomic mass is 10.2. The molecule has 2 heterocycles. The predicted molar refractivity (Wildman–Crippen MR) is 91.2 cm³/mol. The number of furan rings is 1. The van der Waals surface area contributed by atoms with Crippen LogP contribution >= 0.6 is 27.3 Å². The third kappa shape index (κ3) is 3.52. The second kappa shape index (κ2) is 6.72. The zero-order valence-corrected chi connectivity index (χ0v) is 13.7. The van der Waals surface area contributed by atoms with Gasteiger partial charge in [-0.25, -0.2) is 5.43 Å². The minimum atomic E-state index is -0.231. The van der Waals surface area contributed by atoms with Crippen LogP contribution in [0.4, 0.5) is 0 Å². The maximum atomic E-state index is 11.7. The van der Waals surface area contributed by atoms with Crippen LogP contribution in [0.5, 0.6) is 0 Å². The second-order valence-corrected chi connectivity index (χ2v) is 6.25. The molecule has 0 aliphatic rings. The van der Waals surface area contributed by atoms with Crippen LogP contribution in [0.2, 0.25) is 0 Å². The summed E-state index contributed by atoms with van der Waals surface area (Å²) in [7, 11) is 0. The van der Waals surface area contributed by atoms with Gasteiger partial charge in [0.25, 0.3) is 5.91 Å². The number of carbonyl (C=O) groups is 1. The van der Waals surface area contributed by atoms with Crippen molar-refractivity contribution in [3.63, 3.8) is 0 Å². The fourth-order valence-corrected chi connectivity index (χ4v) is 2.85. The van der Waals surface area contributed by atoms with Crippen molar-refractivity contribution < 1.29 is 9.21 Å². The van der Waals surface area contributed by atoms with Gasteiger partial charge in [0.15, 0.2) is 0 Å². The first-order valence-electron chi connectivity index (χ1n) is 6.45. The number of nitrogens with one attached hydrogen (secondary N) is 1. The first-order chi connectivity index (χ1) is 10.7. The van der Waals surface area contributed by atoms with Gasteiger partial charge in [-0.1, -0.05) is 34.1 Å². The van der Waals surface area contributed by atoms with Crippen molar-refractivity contribution in [1.29, 1.82) is 0 Å². The van der Waals surface area contributed by atoms with Crippen molar-refractivity contribution in [1.82, 2.24) is 5.43 Å². The SMILES string of the molecule is O=C(NN=Cc1ccc(-c2cccc(Br)c2)o1)c1cccs1. The smallest absolute Gasteiger partial charge is 0.281 e. The van der Waals surface area contributed by atoms with E-state index in [9.17, 15) is 4.79 Å². The quantitative estimate of drug-likeness (QED) is 0.538. The number of hydrogen-bond donors (Lipinski definition) is 1. The van der Waals surface area contributed by atoms with Gasteiger partial charge >= 0.3 is 0 Å². The van der Waals surface area contributed by atoms with E-state index in [-0.39, 0.29) is 5.91 Å². The Balaban J connectivity index is 1.67. The molecule has 0 fully saturated rings. The van der Waals surface area contributed by atoms with E-state index in [4.69, 9.17) is 4.42 Å². The molecule has 0 spiro atoms. The molecule has 3 aromatic rings. The third-order valence-corrected chi connectivity index (χ3v) is 4.20. The molecule has 0 radical (unpaired) electrons. The molecule has 1 amide bonds. The fraction of sp³-hybridized carbons (Fsp3) is 0. The lowest BCUT2D eigenvalue weighted by Gasteiger charge is -1.97. The van der Waals surface area contributed by atoms with E-state index in [1.54, 1.807) is 12.1 Å². The molecule has 0 unspecified atom stereocenters. The molecule has 3 rings (SSSR count). The number of rotatable bonds is 4. The summed E-state index contributed by atoms with van der Waals surface area (Å²) in [6.45, 7) is 0. The zero-order valence-electron chi connectivity index (χ0n) is 11.3. The average molecular weight is 375 g/mol. The van der Waals surface area contributed by atoms with Gasteiger partial charge in [0.1, 0.15) is 11.5 Å². The Labute approximate surface area is 139 Å². The lowest BCUT2D eigenvalue weighted by Crippen LogP contribution is -2.15. The van der Waals surface area contributed by atoms with Crippen LogP contribution in [0.25, 0.3) is 11.3 Å². The van der Waals surface area contributed by atoms with Crippen LogP contribution in [0.3, 0.4) is 0 Å². The normalized spacial score (nSPS) is 11.0. The number of carbonyl (C=O) groups excluding carboxylic acids is 1. The molecule has 0 atom stereocenters. The van der Waals surface area contributed by atoms with Crippen molar-refractivity contribution in [3.05, 3.63) is 69.0 Å². The number of benzene rings is 1. The van der Waals surface area contributed by atoms with Crippen molar-refractivity contribution in [2.45, 2.75) is 0 Å². The molecule has 0 aliphatic carbocycles. The lowest BCUT2D eigenvalue weighted by molar-refractivity contribution is 0.0959. The average Bonchev–Trinajstić information content (AvgIpc) is 3.19. The van der Waals surface area contributed by atoms with E-state index >= 15 is 0 Å². The van der Waals surface area contributed by atoms with E-state index in [0.717, 1.165) is 15.8 Å². The molecule has 6 heteroatoms. The van der Waals surface area contributed by atoms with Gasteiger partial charge in [-0.2, -0.15) is 5.10 Å². The number of thiophene rings is 1. The summed E-state index contributed by atoms with van der Waals surface area (Å²) in [5, 5.41) is 5.74. The van der Waals surface area contributed by atoms with E-state index in [0.29, 0.717) is 10.6 Å². The second-order valence-electron chi connectivity index (χ2n) is 4.39. The summed E-state index contributed by atoms with van der Waals surface area (Å²) in [5.74, 6) is 1.08. The highest BCUT2D eigenvalue weighted by molar-refractivity contribution is 9.10. The third-order valence-electron chi connectivity index (χ3n) is 2.84. The van der Waals surface area contributed by atoms with Gasteiger partial charge in [-0.05, 0) is 35.7 Å². The van der Waals surface area contributed by atoms with Crippen LogP contribution in [0.1, 0.15) is 15.4 Å². The Hall–Kier alpha value is -2.18. The van der Waals surface area contributed by atoms with Crippen LogP contribution in [0, 0.1) is 0 Å². The Morgan fingerprint density at radius 1 is 1.23 bits per heavy atom. The van der Waals surface area contributed by atoms with Crippen LogP contribution in [-0.2, 0) is 0 Å². The maximum absolute atomic E-state index is 11.7. The molecular weight excluding hydrogens is 364 g/mol. The number of amides is 1. The molecule has 0 bridgehead atoms. The highest BCUT2D eigenvalue weighted by Gasteiger charge is 2.05. The van der Waals surface area contributed by atoms with Gasteiger partial charge in [0.05, 0.1) is 11.1 Å². The Morgan fingerprint density at radius 3 is 2.91 bits per heavy atom. The molecule has 1 N–H and O–H groups in total. The monoisotopic (exact) mass is 374 g/mol. The van der Waals surface area contributed by atoms with Gasteiger partial charge < -0.3 is 4.42 Å². The molecule has 0 aliphatic heterocycles. The van der Waals surface area contributed by atoms with E-state index in [1.807, 2.05) is 41.8 Å². The summed E-state index contributed by atoms with van der Waals surface area (Å²) in [4.78, 5) is 12.3. The molecule has 4 nitrogen and oxygen atoms in total. The largest absolute Gasteiger partial charge is 0.455 e. The summed E-state index contributed by atoms with van der Waals surface area (Å²) in [6.07, 6.45) is 1.48. The molecule has 110 valence electrons. The Morgan fingerprint density at radius 2 is 2.14 bits per heavy atom. The van der Waals surface area contributed by atoms with E-state index < -0.39 is 0 Å². The van der Waals surface area contributed by atoms with Crippen LogP contribution in [0.15, 0.2) is 67.9 Å². The highest BCUT2D eigenvalue weighted by Crippen LogP contribution is 2.24. The maximum Gasteiger partial charge on any atom is 0.281 e. The van der Waals surface area contributed by atoms with Crippen molar-refractivity contribution in [2.24, 2.45) is 5.10 Å². The Bertz CT molecular complexity index is 809. The first kappa shape index (κ1) is 14.7. The van der Waals surface area contributed by atoms with Crippen LogP contribution < -0.4 is 5.43 Å². The molecule has 22 heavy (non-hydrogen) atoms. The molecule has 0 saturated heterocycles. The van der Waals surface area contributed by atoms with Crippen molar-refractivity contribution >= 4 is 39.4 Å². The molecule has 1 aromatic carbocycles. The number of nitrogens with zero attached hydrogens (tertiary/aromatic N) is 1. The van der Waals surface area contributed by atoms with E-state index in [1.165, 1.54) is 17.6 Å². The fourth-order valence-electron chi connectivity index (χ4n) is 1.84. The molecular formula is C16H11BrN2O2S. The molecule has 0 saturated carbocycles. The van der Waals surface area contributed by atoms with Crippen molar-refractivity contribution in [2.75, 3.05) is 0 Å². The minimum Gasteiger partial charge on any atom is -0.455 e. The number of hydrogen-bond acceptors (Lipinski definition) is 4. The van der Waals surface area contributed by atoms with Gasteiger partial charge in [0.2, 0.25) is 0 Å². The minimum absolute atomic E-state index is 0.231. The summed E-state index contributed by atoms with van der Waals surface area (Å²) in [6, 6.07) is 15.1. The van der Waals surface area contributed by atoms with Gasteiger partial charge in [-0.3, -0.25) is 4.79 Å². The number of hydrazone groups is 1. The Kier molecular flexibility index (Phi) is 4.50. The summed E-state index contributed by atoms with van der Waals surface area (Å²) in [5.41, 5.74) is 3.43. The number of halogens is 1. The van der Waals surface area contributed by atoms with Crippen LogP contribution in [-0.4, -0.2) is 12.1 Å². The van der Waals surface area contributed by atoms with Gasteiger partial charge in [-0.15, -0.1) is 11.3 Å². The van der Waals surface area contributed by atoms with Crippen molar-refractivity contribution in [3.8, 4) is 11.3 Å². The standard InChI is InChI=1S/C16H11BrN2O2S/c17-12-4-1-3-11(9-12)14-7-6-13(21-14)10-18-19-16(20)15-5-2-8-22-15/h1-10H,(H,19,20). The summed E-state index contributed by atoms with van der Waals surface area (Å²) < 4.78 is 6.66. The predicted octanol–water partition coefficient (Wildman–Crippen LogP) is 4.53. The molecule has 2 aromatic heterocycles. The first-order valence-corrected chi connectivity index (χ1v) is 8.12. The van der Waals surface area contributed by atoms with E-state index in [2.05, 4.69) is 26.5 Å². The summed E-state index contributed by atoms with van der Waals surface area (Å²) >= 11 is 4.79. The van der Waals surface area contributed by atoms with Gasteiger partial charge in [0, 0.05) is 10.0 Å². The zero-order chi connectivity index (χ0) is 15.4. The highest BCUT2D eigenvalue weighted by atomic mass is 79.9. The topological polar surface area (TPSA) is 54.6 Å².